The molecule has 0 bridgehead atoms. The first-order valence-corrected chi connectivity index (χ1v) is 17.4. The number of anilines is 4. The van der Waals surface area contributed by atoms with Gasteiger partial charge in [-0.3, -0.25) is 9.55 Å². The van der Waals surface area contributed by atoms with E-state index in [2.05, 4.69) is 159 Å². The van der Waals surface area contributed by atoms with Crippen LogP contribution in [0.25, 0.3) is 27.6 Å². The molecule has 6 heteroatoms. The number of aromatic nitrogens is 3. The quantitative estimate of drug-likeness (QED) is 0.178. The fourth-order valence-electron chi connectivity index (χ4n) is 7.39. The molecule has 0 fully saturated rings. The Morgan fingerprint density at radius 3 is 2.24 bits per heavy atom. The van der Waals surface area contributed by atoms with Crippen LogP contribution in [0.4, 0.5) is 22.7 Å². The van der Waals surface area contributed by atoms with Crippen LogP contribution in [0.2, 0.25) is 0 Å². The number of hydrogen-bond acceptors (Lipinski definition) is 5. The normalized spacial score (nSPS) is 13.1. The average Bonchev–Trinajstić information content (AvgIpc) is 3.64. The fourth-order valence-corrected chi connectivity index (χ4v) is 7.39. The number of pyridine rings is 2. The number of nitrogens with zero attached hydrogens (tertiary/aromatic N) is 5. The molecule has 6 nitrogen and oxygen atoms in total. The summed E-state index contributed by atoms with van der Waals surface area (Å²) in [7, 11) is 0. The topological polar surface area (TPSA) is 46.4 Å². The van der Waals surface area contributed by atoms with Gasteiger partial charge in [-0.05, 0) is 96.0 Å². The van der Waals surface area contributed by atoms with Crippen molar-refractivity contribution in [1.82, 2.24) is 14.5 Å². The Morgan fingerprint density at radius 1 is 0.700 bits per heavy atom. The molecule has 0 amide bonds. The number of rotatable bonds is 6. The SMILES string of the molecule is Cc1cc(C(C)C)cc(C)c1N1CN(c2cccc(Oc3ccc4c5ccccc5n(-c5cc(C(C)(C)C)ccn5)c4c3)c2)c2cnccc21. The van der Waals surface area contributed by atoms with Gasteiger partial charge in [0.25, 0.3) is 0 Å². The minimum Gasteiger partial charge on any atom is -0.457 e. The lowest BCUT2D eigenvalue weighted by molar-refractivity contribution is 0.483. The highest BCUT2D eigenvalue weighted by Crippen LogP contribution is 2.46. The minimum absolute atomic E-state index is 0.00866. The van der Waals surface area contributed by atoms with Crippen LogP contribution < -0.4 is 14.5 Å². The van der Waals surface area contributed by atoms with Gasteiger partial charge in [0.15, 0.2) is 0 Å². The van der Waals surface area contributed by atoms with Crippen LogP contribution >= 0.6 is 0 Å². The Morgan fingerprint density at radius 2 is 1.46 bits per heavy atom. The van der Waals surface area contributed by atoms with Crippen molar-refractivity contribution in [3.8, 4) is 17.3 Å². The largest absolute Gasteiger partial charge is 0.457 e. The molecule has 250 valence electrons. The first kappa shape index (κ1) is 31.6. The van der Waals surface area contributed by atoms with E-state index < -0.39 is 0 Å². The molecule has 0 saturated carbocycles. The van der Waals surface area contributed by atoms with E-state index in [4.69, 9.17) is 9.72 Å². The second kappa shape index (κ2) is 12.1. The molecule has 0 radical (unpaired) electrons. The Kier molecular flexibility index (Phi) is 7.63. The van der Waals surface area contributed by atoms with Gasteiger partial charge in [-0.1, -0.05) is 71.0 Å². The maximum Gasteiger partial charge on any atom is 0.137 e. The van der Waals surface area contributed by atoms with E-state index in [9.17, 15) is 0 Å². The van der Waals surface area contributed by atoms with Crippen LogP contribution in [-0.4, -0.2) is 21.2 Å². The summed E-state index contributed by atoms with van der Waals surface area (Å²) >= 11 is 0. The summed E-state index contributed by atoms with van der Waals surface area (Å²) < 4.78 is 8.89. The highest BCUT2D eigenvalue weighted by atomic mass is 16.5. The molecule has 1 aliphatic heterocycles. The zero-order chi connectivity index (χ0) is 34.7. The maximum absolute atomic E-state index is 6.64. The molecule has 3 aromatic heterocycles. The van der Waals surface area contributed by atoms with Crippen LogP contribution in [0.5, 0.6) is 11.5 Å². The van der Waals surface area contributed by atoms with Gasteiger partial charge in [0.1, 0.15) is 24.0 Å². The molecule has 0 N–H and O–H groups in total. The van der Waals surface area contributed by atoms with E-state index in [1.807, 2.05) is 24.7 Å². The van der Waals surface area contributed by atoms with Crippen molar-refractivity contribution < 1.29 is 4.74 Å². The predicted molar refractivity (Wildman–Crippen MR) is 207 cm³/mol. The summed E-state index contributed by atoms with van der Waals surface area (Å²) in [6.07, 6.45) is 5.76. The zero-order valence-corrected chi connectivity index (χ0v) is 29.9. The second-order valence-electron chi connectivity index (χ2n) is 14.8. The van der Waals surface area contributed by atoms with Gasteiger partial charge in [0.2, 0.25) is 0 Å². The molecule has 0 aliphatic carbocycles. The Labute approximate surface area is 294 Å². The van der Waals surface area contributed by atoms with E-state index >= 15 is 0 Å². The van der Waals surface area contributed by atoms with Crippen molar-refractivity contribution in [3.63, 3.8) is 0 Å². The van der Waals surface area contributed by atoms with Gasteiger partial charge < -0.3 is 14.5 Å². The van der Waals surface area contributed by atoms with Crippen molar-refractivity contribution in [2.24, 2.45) is 0 Å². The van der Waals surface area contributed by atoms with Gasteiger partial charge in [0.05, 0.1) is 28.6 Å². The van der Waals surface area contributed by atoms with E-state index in [1.165, 1.54) is 33.3 Å². The molecule has 8 rings (SSSR count). The summed E-state index contributed by atoms with van der Waals surface area (Å²) in [4.78, 5) is 14.1. The van der Waals surface area contributed by atoms with Gasteiger partial charge in [-0.2, -0.15) is 0 Å². The molecule has 0 unspecified atom stereocenters. The molecule has 0 spiro atoms. The number of para-hydroxylation sites is 1. The number of fused-ring (bicyclic) bond motifs is 4. The first-order valence-electron chi connectivity index (χ1n) is 17.4. The third-order valence-corrected chi connectivity index (χ3v) is 9.94. The van der Waals surface area contributed by atoms with Crippen LogP contribution in [-0.2, 0) is 5.41 Å². The summed E-state index contributed by atoms with van der Waals surface area (Å²) in [5.41, 5.74) is 11.9. The lowest BCUT2D eigenvalue weighted by atomic mass is 9.88. The lowest BCUT2D eigenvalue weighted by Gasteiger charge is -2.26. The van der Waals surface area contributed by atoms with Gasteiger partial charge in [-0.25, -0.2) is 4.98 Å². The van der Waals surface area contributed by atoms with Crippen LogP contribution in [0.1, 0.15) is 62.8 Å². The molecule has 0 saturated heterocycles. The van der Waals surface area contributed by atoms with Crippen molar-refractivity contribution in [1.29, 1.82) is 0 Å². The number of ether oxygens (including phenoxy) is 1. The van der Waals surface area contributed by atoms with E-state index in [0.29, 0.717) is 12.6 Å². The summed E-state index contributed by atoms with van der Waals surface area (Å²) in [5, 5.41) is 2.35. The Hall–Kier alpha value is -5.62. The maximum atomic E-state index is 6.64. The Balaban J connectivity index is 1.15. The standard InChI is InChI=1S/C44H43N5O/c1-28(2)31-21-29(3)43(30(4)22-31)48-27-47(41-26-45-19-18-39(41)48)33-11-10-12-34(24-33)50-35-15-16-37-36-13-8-9-14-38(36)49(40(37)25-35)42-23-32(17-20-46-42)44(5,6)7/h8-26,28H,27H2,1-7H3. The van der Waals surface area contributed by atoms with E-state index in [-0.39, 0.29) is 5.41 Å². The van der Waals surface area contributed by atoms with E-state index in [0.717, 1.165) is 50.8 Å². The molecule has 7 aromatic rings. The zero-order valence-electron chi connectivity index (χ0n) is 29.9. The van der Waals surface area contributed by atoms with Gasteiger partial charge >= 0.3 is 0 Å². The van der Waals surface area contributed by atoms with E-state index in [1.54, 1.807) is 0 Å². The lowest BCUT2D eigenvalue weighted by Crippen LogP contribution is -2.25. The summed E-state index contributed by atoms with van der Waals surface area (Å²) in [6, 6.07) is 34.3. The smallest absolute Gasteiger partial charge is 0.137 e. The third kappa shape index (κ3) is 5.45. The van der Waals surface area contributed by atoms with Gasteiger partial charge in [0, 0.05) is 46.7 Å². The number of aryl methyl sites for hydroxylation is 2. The number of benzene rings is 4. The van der Waals surface area contributed by atoms with Crippen LogP contribution in [0.15, 0.2) is 116 Å². The van der Waals surface area contributed by atoms with Crippen molar-refractivity contribution in [3.05, 3.63) is 138 Å². The molecule has 50 heavy (non-hydrogen) atoms. The molecule has 4 heterocycles. The minimum atomic E-state index is 0.00866. The highest BCUT2D eigenvalue weighted by molar-refractivity contribution is 6.09. The average molecular weight is 658 g/mol. The van der Waals surface area contributed by atoms with Crippen molar-refractivity contribution in [2.75, 3.05) is 16.5 Å². The highest BCUT2D eigenvalue weighted by Gasteiger charge is 2.30. The number of hydrogen-bond donors (Lipinski definition) is 0. The van der Waals surface area contributed by atoms with Gasteiger partial charge in [-0.15, -0.1) is 0 Å². The van der Waals surface area contributed by atoms with Crippen LogP contribution in [0.3, 0.4) is 0 Å². The Bertz CT molecular complexity index is 2380. The third-order valence-electron chi connectivity index (χ3n) is 9.94. The van der Waals surface area contributed by atoms with Crippen molar-refractivity contribution in [2.45, 2.75) is 59.8 Å². The summed E-state index contributed by atoms with van der Waals surface area (Å²) in [5.74, 6) is 2.93. The molecule has 0 atom stereocenters. The molecular weight excluding hydrogens is 615 g/mol. The molecule has 4 aromatic carbocycles. The first-order chi connectivity index (χ1) is 24.1. The second-order valence-corrected chi connectivity index (χ2v) is 14.8. The van der Waals surface area contributed by atoms with Crippen LogP contribution in [0, 0.1) is 13.8 Å². The summed E-state index contributed by atoms with van der Waals surface area (Å²) in [6.45, 7) is 16.3. The monoisotopic (exact) mass is 657 g/mol. The van der Waals surface area contributed by atoms with Crippen molar-refractivity contribution >= 4 is 44.6 Å². The predicted octanol–water partition coefficient (Wildman–Crippen LogP) is 11.7. The fraction of sp³-hybridized carbons (Fsp3) is 0.227. The molecular formula is C44H43N5O. The molecule has 1 aliphatic rings.